The van der Waals surface area contributed by atoms with Gasteiger partial charge >= 0.3 is 0 Å². The van der Waals surface area contributed by atoms with Crippen molar-refractivity contribution in [3.05, 3.63) is 29.8 Å². The Morgan fingerprint density at radius 3 is 2.59 bits per heavy atom. The maximum absolute atomic E-state index is 12.0. The highest BCUT2D eigenvalue weighted by molar-refractivity contribution is 14.0. The van der Waals surface area contributed by atoms with E-state index in [1.165, 1.54) is 0 Å². The van der Waals surface area contributed by atoms with Crippen LogP contribution in [0.25, 0.3) is 0 Å². The second kappa shape index (κ2) is 12.5. The highest BCUT2D eigenvalue weighted by Crippen LogP contribution is 2.20. The van der Waals surface area contributed by atoms with E-state index in [4.69, 9.17) is 15.5 Å². The lowest BCUT2D eigenvalue weighted by Crippen LogP contribution is -2.49. The summed E-state index contributed by atoms with van der Waals surface area (Å²) >= 11 is 0. The molecule has 1 heterocycles. The number of hydrogen-bond acceptors (Lipinski definition) is 4. The zero-order valence-corrected chi connectivity index (χ0v) is 19.7. The zero-order valence-electron chi connectivity index (χ0n) is 17.4. The quantitative estimate of drug-likeness (QED) is 0.324. The van der Waals surface area contributed by atoms with Crippen LogP contribution in [0.5, 0.6) is 5.75 Å². The normalized spacial score (nSPS) is 16.6. The Hall–Kier alpha value is -2.04. The molecule has 1 atom stereocenters. The molecule has 1 aromatic rings. The molecular weight excluding hydrogens is 485 g/mol. The number of likely N-dealkylation sites (tertiary alicyclic amines) is 1. The molecule has 3 N–H and O–H groups in total. The first-order chi connectivity index (χ1) is 13.4. The Kier molecular flexibility index (Phi) is 10.8. The first-order valence-electron chi connectivity index (χ1n) is 9.53. The number of nitrogens with zero attached hydrogens (tertiary/aromatic N) is 3. The topological polar surface area (TPSA) is 100 Å². The number of carbonyl (C=O) groups is 2. The first-order valence-corrected chi connectivity index (χ1v) is 9.53. The highest BCUT2D eigenvalue weighted by Gasteiger charge is 2.24. The summed E-state index contributed by atoms with van der Waals surface area (Å²) in [6, 6.07) is 7.74. The monoisotopic (exact) mass is 517 g/mol. The van der Waals surface area contributed by atoms with E-state index in [1.807, 2.05) is 24.3 Å². The van der Waals surface area contributed by atoms with E-state index in [-0.39, 0.29) is 48.3 Å². The van der Waals surface area contributed by atoms with Crippen molar-refractivity contribution in [1.82, 2.24) is 15.1 Å². The van der Waals surface area contributed by atoms with Crippen molar-refractivity contribution in [2.45, 2.75) is 25.8 Å². The van der Waals surface area contributed by atoms with Crippen molar-refractivity contribution >= 4 is 41.8 Å². The Balaban J connectivity index is 0.00000420. The molecule has 0 radical (unpaired) electrons. The lowest BCUT2D eigenvalue weighted by atomic mass is 9.95. The van der Waals surface area contributed by atoms with Crippen LogP contribution in [0, 0.1) is 5.92 Å². The van der Waals surface area contributed by atoms with Crippen molar-refractivity contribution in [2.75, 3.05) is 40.8 Å². The number of piperidine rings is 1. The van der Waals surface area contributed by atoms with Gasteiger partial charge in [-0.15, -0.1) is 24.0 Å². The number of nitrogens with two attached hydrogens (primary N) is 1. The second-order valence-electron chi connectivity index (χ2n) is 7.25. The number of halogens is 1. The van der Waals surface area contributed by atoms with Crippen LogP contribution in [0.1, 0.15) is 24.8 Å². The average molecular weight is 517 g/mol. The standard InChI is InChI=1S/C20H31N5O3.HI/c1-24(2)19(27)13-23-20(22-12-15-6-8-17(28-3)9-7-15)25-10-4-5-16(14-25)11-18(21)26;/h6-9,16H,4-5,10-14H2,1-3H3,(H2,21,26)(H,22,23);1H. The minimum Gasteiger partial charge on any atom is -0.497 e. The number of aliphatic imine (C=N–C) groups is 1. The van der Waals surface area contributed by atoms with Gasteiger partial charge in [0.2, 0.25) is 11.8 Å². The molecular formula is C20H32IN5O3. The number of nitrogens with one attached hydrogen (secondary N) is 1. The van der Waals surface area contributed by atoms with Crippen LogP contribution < -0.4 is 15.8 Å². The van der Waals surface area contributed by atoms with Crippen molar-refractivity contribution in [3.8, 4) is 5.75 Å². The Bertz CT molecular complexity index is 694. The van der Waals surface area contributed by atoms with Crippen LogP contribution in [0.4, 0.5) is 0 Å². The van der Waals surface area contributed by atoms with Gasteiger partial charge in [0, 0.05) is 33.6 Å². The van der Waals surface area contributed by atoms with Crippen LogP contribution in [-0.4, -0.2) is 68.4 Å². The van der Waals surface area contributed by atoms with Crippen LogP contribution in [-0.2, 0) is 16.1 Å². The third kappa shape index (κ3) is 8.46. The smallest absolute Gasteiger partial charge is 0.241 e. The average Bonchev–Trinajstić information content (AvgIpc) is 2.67. The van der Waals surface area contributed by atoms with Crippen LogP contribution >= 0.6 is 24.0 Å². The second-order valence-corrected chi connectivity index (χ2v) is 7.25. The number of guanidine groups is 1. The largest absolute Gasteiger partial charge is 0.497 e. The van der Waals surface area contributed by atoms with Gasteiger partial charge in [-0.1, -0.05) is 12.1 Å². The molecule has 1 unspecified atom stereocenters. The van der Waals surface area contributed by atoms with E-state index in [0.29, 0.717) is 25.5 Å². The van der Waals surface area contributed by atoms with E-state index >= 15 is 0 Å². The zero-order chi connectivity index (χ0) is 20.5. The summed E-state index contributed by atoms with van der Waals surface area (Å²) in [4.78, 5) is 31.7. The molecule has 0 aliphatic carbocycles. The van der Waals surface area contributed by atoms with Gasteiger partial charge < -0.3 is 25.6 Å². The molecule has 0 saturated carbocycles. The molecule has 162 valence electrons. The van der Waals surface area contributed by atoms with Gasteiger partial charge in [-0.25, -0.2) is 4.99 Å². The lowest BCUT2D eigenvalue weighted by Gasteiger charge is -2.34. The molecule has 0 bridgehead atoms. The predicted octanol–water partition coefficient (Wildman–Crippen LogP) is 1.43. The minimum atomic E-state index is -0.278. The summed E-state index contributed by atoms with van der Waals surface area (Å²) in [5.74, 6) is 1.39. The summed E-state index contributed by atoms with van der Waals surface area (Å²) in [5, 5.41) is 3.18. The van der Waals surface area contributed by atoms with Crippen LogP contribution in [0.15, 0.2) is 29.3 Å². The fraction of sp³-hybridized carbons (Fsp3) is 0.550. The molecule has 2 rings (SSSR count). The van der Waals surface area contributed by atoms with Crippen LogP contribution in [0.2, 0.25) is 0 Å². The highest BCUT2D eigenvalue weighted by atomic mass is 127. The third-order valence-corrected chi connectivity index (χ3v) is 4.78. The van der Waals surface area contributed by atoms with Gasteiger partial charge in [-0.3, -0.25) is 9.59 Å². The van der Waals surface area contributed by atoms with E-state index in [1.54, 1.807) is 26.1 Å². The maximum atomic E-state index is 12.0. The molecule has 8 nitrogen and oxygen atoms in total. The predicted molar refractivity (Wildman–Crippen MR) is 124 cm³/mol. The fourth-order valence-electron chi connectivity index (χ4n) is 3.19. The van der Waals surface area contributed by atoms with Crippen molar-refractivity contribution in [2.24, 2.45) is 16.6 Å². The van der Waals surface area contributed by atoms with E-state index in [0.717, 1.165) is 30.7 Å². The molecule has 0 aromatic heterocycles. The summed E-state index contributed by atoms with van der Waals surface area (Å²) in [6.07, 6.45) is 2.31. The van der Waals surface area contributed by atoms with Crippen molar-refractivity contribution < 1.29 is 14.3 Å². The van der Waals surface area contributed by atoms with Gasteiger partial charge in [0.15, 0.2) is 5.96 Å². The summed E-state index contributed by atoms with van der Waals surface area (Å²) in [6.45, 7) is 2.19. The number of rotatable bonds is 7. The molecule has 1 fully saturated rings. The van der Waals surface area contributed by atoms with Gasteiger partial charge in [0.1, 0.15) is 5.75 Å². The minimum absolute atomic E-state index is 0. The van der Waals surface area contributed by atoms with Gasteiger partial charge in [0.25, 0.3) is 0 Å². The fourth-order valence-corrected chi connectivity index (χ4v) is 3.19. The molecule has 9 heteroatoms. The number of ether oxygens (including phenoxy) is 1. The summed E-state index contributed by atoms with van der Waals surface area (Å²) < 4.78 is 5.18. The number of hydrogen-bond donors (Lipinski definition) is 2. The molecule has 1 aromatic carbocycles. The van der Waals surface area contributed by atoms with Gasteiger partial charge in [-0.05, 0) is 36.5 Å². The number of likely N-dealkylation sites (N-methyl/N-ethyl adjacent to an activating group) is 1. The van der Waals surface area contributed by atoms with Crippen molar-refractivity contribution in [1.29, 1.82) is 0 Å². The van der Waals surface area contributed by atoms with Crippen LogP contribution in [0.3, 0.4) is 0 Å². The summed E-state index contributed by atoms with van der Waals surface area (Å²) in [7, 11) is 5.08. The molecule has 1 saturated heterocycles. The molecule has 1 aliphatic rings. The number of methoxy groups -OCH3 is 1. The number of carbonyl (C=O) groups excluding carboxylic acids is 2. The summed E-state index contributed by atoms with van der Waals surface area (Å²) in [5.41, 5.74) is 6.42. The molecule has 0 spiro atoms. The molecule has 1 aliphatic heterocycles. The Morgan fingerprint density at radius 1 is 1.31 bits per heavy atom. The SMILES string of the molecule is COc1ccc(CN=C(NCC(=O)N(C)C)N2CCCC(CC(N)=O)C2)cc1.I. The number of benzene rings is 1. The Morgan fingerprint density at radius 2 is 2.00 bits per heavy atom. The first kappa shape index (κ1) is 25.0. The molecule has 2 amide bonds. The number of primary amides is 1. The lowest BCUT2D eigenvalue weighted by molar-refractivity contribution is -0.127. The number of amides is 2. The molecule has 29 heavy (non-hydrogen) atoms. The van der Waals surface area contributed by atoms with Gasteiger partial charge in [-0.2, -0.15) is 0 Å². The maximum Gasteiger partial charge on any atom is 0.241 e. The Labute approximate surface area is 189 Å². The van der Waals surface area contributed by atoms with E-state index < -0.39 is 0 Å². The van der Waals surface area contributed by atoms with Gasteiger partial charge in [0.05, 0.1) is 20.2 Å². The van der Waals surface area contributed by atoms with E-state index in [9.17, 15) is 9.59 Å². The van der Waals surface area contributed by atoms with Crippen molar-refractivity contribution in [3.63, 3.8) is 0 Å². The van der Waals surface area contributed by atoms with E-state index in [2.05, 4.69) is 10.2 Å². The third-order valence-electron chi connectivity index (χ3n) is 4.78.